The predicted molar refractivity (Wildman–Crippen MR) is 92.4 cm³/mol. The average Bonchev–Trinajstić information content (AvgIpc) is 2.88. The lowest BCUT2D eigenvalue weighted by atomic mass is 10.0. The van der Waals surface area contributed by atoms with Crippen molar-refractivity contribution in [2.24, 2.45) is 5.92 Å². The fourth-order valence-electron chi connectivity index (χ4n) is 2.88. The summed E-state index contributed by atoms with van der Waals surface area (Å²) in [5.74, 6) is 0.774. The highest BCUT2D eigenvalue weighted by Crippen LogP contribution is 2.30. The summed E-state index contributed by atoms with van der Waals surface area (Å²) in [5, 5.41) is 8.05. The molecule has 122 valence electrons. The number of urea groups is 1. The Bertz CT molecular complexity index is 719. The zero-order valence-corrected chi connectivity index (χ0v) is 14.3. The molecule has 1 N–H and O–H groups in total. The van der Waals surface area contributed by atoms with Crippen LogP contribution in [0.4, 0.5) is 10.5 Å². The molecule has 1 aromatic carbocycles. The highest BCUT2D eigenvalue weighted by molar-refractivity contribution is 6.32. The van der Waals surface area contributed by atoms with E-state index in [1.807, 2.05) is 29.2 Å². The summed E-state index contributed by atoms with van der Waals surface area (Å²) in [6.45, 7) is 7.90. The minimum absolute atomic E-state index is 0.0660. The molecule has 1 fully saturated rings. The first-order chi connectivity index (χ1) is 11.0. The third-order valence-electron chi connectivity index (χ3n) is 4.03. The highest BCUT2D eigenvalue weighted by atomic mass is 35.5. The van der Waals surface area contributed by atoms with Crippen molar-refractivity contribution in [1.29, 1.82) is 0 Å². The molecule has 23 heavy (non-hydrogen) atoms. The van der Waals surface area contributed by atoms with Crippen molar-refractivity contribution in [3.8, 4) is 5.69 Å². The fourth-order valence-corrected chi connectivity index (χ4v) is 3.10. The summed E-state index contributed by atoms with van der Waals surface area (Å²) in [5.41, 5.74) is 2.50. The van der Waals surface area contributed by atoms with Crippen molar-refractivity contribution in [2.45, 2.75) is 26.7 Å². The number of para-hydroxylation sites is 1. The molecule has 0 atom stereocenters. The van der Waals surface area contributed by atoms with Crippen LogP contribution in [0, 0.1) is 5.92 Å². The lowest BCUT2D eigenvalue weighted by Gasteiger charge is -2.37. The zero-order valence-electron chi connectivity index (χ0n) is 13.6. The largest absolute Gasteiger partial charge is 0.324 e. The van der Waals surface area contributed by atoms with Crippen molar-refractivity contribution in [2.75, 3.05) is 18.4 Å². The zero-order chi connectivity index (χ0) is 16.6. The molecule has 0 unspecified atom stereocenters. The maximum Gasteiger partial charge on any atom is 0.321 e. The Kier molecular flexibility index (Phi) is 4.31. The van der Waals surface area contributed by atoms with E-state index < -0.39 is 0 Å². The standard InChI is InChI=1S/C17H21ClN4O/c1-11(2)16-14(20-17(23)21-9-12(3)10-21)8-19-22(16)15-7-5-4-6-13(15)18/h4-8,11-12H,9-10H2,1-3H3,(H,20,23). The molecule has 0 bridgehead atoms. The van der Waals surface area contributed by atoms with Gasteiger partial charge in [-0.2, -0.15) is 5.10 Å². The Balaban J connectivity index is 1.90. The van der Waals surface area contributed by atoms with Gasteiger partial charge in [0, 0.05) is 13.1 Å². The molecule has 2 heterocycles. The number of hydrogen-bond acceptors (Lipinski definition) is 2. The van der Waals surface area contributed by atoms with Gasteiger partial charge < -0.3 is 10.2 Å². The fraction of sp³-hybridized carbons (Fsp3) is 0.412. The predicted octanol–water partition coefficient (Wildman–Crippen LogP) is 4.13. The molecule has 0 saturated carbocycles. The molecule has 1 aliphatic heterocycles. The maximum absolute atomic E-state index is 12.3. The Labute approximate surface area is 141 Å². The molecular weight excluding hydrogens is 312 g/mol. The topological polar surface area (TPSA) is 50.2 Å². The van der Waals surface area contributed by atoms with E-state index in [4.69, 9.17) is 11.6 Å². The number of halogens is 1. The number of amides is 2. The lowest BCUT2D eigenvalue weighted by Crippen LogP contribution is -2.50. The molecule has 1 aliphatic rings. The van der Waals surface area contributed by atoms with E-state index in [1.54, 1.807) is 10.9 Å². The van der Waals surface area contributed by atoms with Gasteiger partial charge in [-0.1, -0.05) is 44.5 Å². The van der Waals surface area contributed by atoms with Gasteiger partial charge in [0.2, 0.25) is 0 Å². The molecule has 1 saturated heterocycles. The molecule has 1 aromatic heterocycles. The molecule has 3 rings (SSSR count). The smallest absolute Gasteiger partial charge is 0.321 e. The monoisotopic (exact) mass is 332 g/mol. The quantitative estimate of drug-likeness (QED) is 0.918. The van der Waals surface area contributed by atoms with Crippen LogP contribution in [0.25, 0.3) is 5.69 Å². The molecule has 0 aliphatic carbocycles. The van der Waals surface area contributed by atoms with E-state index in [0.717, 1.165) is 30.2 Å². The van der Waals surface area contributed by atoms with Crippen LogP contribution in [0.2, 0.25) is 5.02 Å². The molecule has 2 aromatic rings. The summed E-state index contributed by atoms with van der Waals surface area (Å²) in [4.78, 5) is 14.1. The molecule has 0 radical (unpaired) electrons. The van der Waals surface area contributed by atoms with E-state index >= 15 is 0 Å². The second kappa shape index (κ2) is 6.24. The van der Waals surface area contributed by atoms with Crippen molar-refractivity contribution >= 4 is 23.3 Å². The van der Waals surface area contributed by atoms with Crippen LogP contribution in [0.5, 0.6) is 0 Å². The normalized spacial score (nSPS) is 14.9. The van der Waals surface area contributed by atoms with E-state index in [-0.39, 0.29) is 11.9 Å². The molecule has 5 nitrogen and oxygen atoms in total. The van der Waals surface area contributed by atoms with Crippen LogP contribution in [-0.2, 0) is 0 Å². The van der Waals surface area contributed by atoms with E-state index in [9.17, 15) is 4.79 Å². The Morgan fingerprint density at radius 2 is 2.04 bits per heavy atom. The number of aromatic nitrogens is 2. The van der Waals surface area contributed by atoms with Crippen molar-refractivity contribution in [3.63, 3.8) is 0 Å². The third-order valence-corrected chi connectivity index (χ3v) is 4.35. The van der Waals surface area contributed by atoms with Crippen LogP contribution in [0.3, 0.4) is 0 Å². The van der Waals surface area contributed by atoms with Gasteiger partial charge >= 0.3 is 6.03 Å². The summed E-state index contributed by atoms with van der Waals surface area (Å²) in [6.07, 6.45) is 1.69. The summed E-state index contributed by atoms with van der Waals surface area (Å²) in [7, 11) is 0. The van der Waals surface area contributed by atoms with Crippen molar-refractivity contribution in [3.05, 3.63) is 41.2 Å². The van der Waals surface area contributed by atoms with Crippen LogP contribution < -0.4 is 5.32 Å². The molecular formula is C17H21ClN4O. The number of benzene rings is 1. The SMILES string of the molecule is CC1CN(C(=O)Nc2cnn(-c3ccccc3Cl)c2C(C)C)C1. The first-order valence-electron chi connectivity index (χ1n) is 7.86. The first-order valence-corrected chi connectivity index (χ1v) is 8.24. The summed E-state index contributed by atoms with van der Waals surface area (Å²) in [6, 6.07) is 7.50. The van der Waals surface area contributed by atoms with Gasteiger partial charge in [-0.15, -0.1) is 0 Å². The van der Waals surface area contributed by atoms with Crippen molar-refractivity contribution in [1.82, 2.24) is 14.7 Å². The maximum atomic E-state index is 12.3. The summed E-state index contributed by atoms with van der Waals surface area (Å²) < 4.78 is 1.81. The number of nitrogens with one attached hydrogen (secondary N) is 1. The Morgan fingerprint density at radius 3 is 2.65 bits per heavy atom. The Hall–Kier alpha value is -2.01. The number of carbonyl (C=O) groups is 1. The van der Waals surface area contributed by atoms with Crippen LogP contribution in [0.15, 0.2) is 30.5 Å². The number of carbonyl (C=O) groups excluding carboxylic acids is 1. The number of rotatable bonds is 3. The van der Waals surface area contributed by atoms with Gasteiger partial charge in [0.15, 0.2) is 0 Å². The van der Waals surface area contributed by atoms with Crippen LogP contribution in [0.1, 0.15) is 32.4 Å². The van der Waals surface area contributed by atoms with Crippen LogP contribution >= 0.6 is 11.6 Å². The van der Waals surface area contributed by atoms with Gasteiger partial charge in [-0.25, -0.2) is 9.48 Å². The van der Waals surface area contributed by atoms with Crippen LogP contribution in [-0.4, -0.2) is 33.8 Å². The second-order valence-corrected chi connectivity index (χ2v) is 6.81. The van der Waals surface area contributed by atoms with E-state index in [2.05, 4.69) is 31.2 Å². The molecule has 6 heteroatoms. The second-order valence-electron chi connectivity index (χ2n) is 6.40. The lowest BCUT2D eigenvalue weighted by molar-refractivity contribution is 0.140. The Morgan fingerprint density at radius 1 is 1.35 bits per heavy atom. The number of anilines is 1. The van der Waals surface area contributed by atoms with Gasteiger partial charge in [0.1, 0.15) is 0 Å². The van der Waals surface area contributed by atoms with Crippen molar-refractivity contribution < 1.29 is 4.79 Å². The minimum atomic E-state index is -0.0660. The third kappa shape index (κ3) is 3.06. The number of nitrogens with zero attached hydrogens (tertiary/aromatic N) is 3. The molecule has 2 amide bonds. The van der Waals surface area contributed by atoms with E-state index in [1.165, 1.54) is 0 Å². The average molecular weight is 333 g/mol. The minimum Gasteiger partial charge on any atom is -0.324 e. The van der Waals surface area contributed by atoms with Gasteiger partial charge in [0.25, 0.3) is 0 Å². The number of hydrogen-bond donors (Lipinski definition) is 1. The highest BCUT2D eigenvalue weighted by Gasteiger charge is 2.28. The number of likely N-dealkylation sites (tertiary alicyclic amines) is 1. The van der Waals surface area contributed by atoms with E-state index in [0.29, 0.717) is 10.9 Å². The van der Waals surface area contributed by atoms with Gasteiger partial charge in [-0.05, 0) is 24.0 Å². The molecule has 0 spiro atoms. The van der Waals surface area contributed by atoms with Gasteiger partial charge in [0.05, 0.1) is 28.3 Å². The summed E-state index contributed by atoms with van der Waals surface area (Å²) >= 11 is 6.29. The van der Waals surface area contributed by atoms with Gasteiger partial charge in [-0.3, -0.25) is 0 Å². The first kappa shape index (κ1) is 15.9.